The molecule has 2 heterocycles. The van der Waals surface area contributed by atoms with E-state index in [-0.39, 0.29) is 58.1 Å². The van der Waals surface area contributed by atoms with Gasteiger partial charge in [0, 0.05) is 6.07 Å². The average Bonchev–Trinajstić information content (AvgIpc) is 3.47. The first-order chi connectivity index (χ1) is 15.3. The molecule has 32 heavy (non-hydrogen) atoms. The number of rotatable bonds is 6. The lowest BCUT2D eigenvalue weighted by molar-refractivity contribution is -0.123. The molecular formula is C21H20N4O6S. The van der Waals surface area contributed by atoms with E-state index in [0.29, 0.717) is 5.69 Å². The van der Waals surface area contributed by atoms with Crippen LogP contribution in [0.15, 0.2) is 47.4 Å². The first-order valence-corrected chi connectivity index (χ1v) is 11.5. The molecule has 1 aromatic carbocycles. The minimum absolute atomic E-state index is 0.0292. The molecule has 166 valence electrons. The predicted octanol–water partition coefficient (Wildman–Crippen LogP) is 1.61. The van der Waals surface area contributed by atoms with Crippen molar-refractivity contribution >= 4 is 33.3 Å². The highest BCUT2D eigenvalue weighted by molar-refractivity contribution is 7.92. The number of sulfonamides is 1. The molecule has 2 aromatic rings. The second-order valence-corrected chi connectivity index (χ2v) is 9.58. The predicted molar refractivity (Wildman–Crippen MR) is 113 cm³/mol. The van der Waals surface area contributed by atoms with Crippen molar-refractivity contribution in [1.29, 1.82) is 0 Å². The van der Waals surface area contributed by atoms with E-state index in [0.717, 1.165) is 6.42 Å². The number of aromatic nitrogens is 2. The van der Waals surface area contributed by atoms with E-state index in [1.807, 2.05) is 12.2 Å². The van der Waals surface area contributed by atoms with E-state index in [9.17, 15) is 18.0 Å². The van der Waals surface area contributed by atoms with Crippen LogP contribution >= 0.6 is 0 Å². The van der Waals surface area contributed by atoms with Crippen LogP contribution in [0.4, 0.5) is 11.5 Å². The van der Waals surface area contributed by atoms with Crippen LogP contribution in [-0.2, 0) is 19.6 Å². The monoisotopic (exact) mass is 456 g/mol. The number of imide groups is 1. The van der Waals surface area contributed by atoms with Crippen molar-refractivity contribution in [2.75, 3.05) is 23.8 Å². The Labute approximate surface area is 184 Å². The number of allylic oxidation sites excluding steroid dienone is 2. The molecule has 1 N–H and O–H groups in total. The van der Waals surface area contributed by atoms with Crippen molar-refractivity contribution in [3.05, 3.63) is 42.5 Å². The summed E-state index contributed by atoms with van der Waals surface area (Å²) in [5.74, 6) is -0.746. The van der Waals surface area contributed by atoms with Gasteiger partial charge in [-0.25, -0.2) is 8.42 Å². The minimum atomic E-state index is -4.00. The van der Waals surface area contributed by atoms with Crippen molar-refractivity contribution in [2.45, 2.75) is 11.3 Å². The van der Waals surface area contributed by atoms with E-state index in [2.05, 4.69) is 14.7 Å². The molecular weight excluding hydrogens is 436 g/mol. The molecule has 1 saturated carbocycles. The molecule has 2 fully saturated rings. The number of ether oxygens (including phenoxy) is 2. The van der Waals surface area contributed by atoms with Crippen LogP contribution in [0.5, 0.6) is 11.9 Å². The largest absolute Gasteiger partial charge is 0.481 e. The molecule has 5 rings (SSSR count). The van der Waals surface area contributed by atoms with Gasteiger partial charge >= 0.3 is 6.01 Å². The topological polar surface area (TPSA) is 128 Å². The van der Waals surface area contributed by atoms with Gasteiger partial charge in [0.05, 0.1) is 36.6 Å². The number of hydrogen-bond donors (Lipinski definition) is 1. The summed E-state index contributed by atoms with van der Waals surface area (Å²) in [7, 11) is -1.27. The van der Waals surface area contributed by atoms with Gasteiger partial charge in [-0.05, 0) is 42.5 Å². The molecule has 0 unspecified atom stereocenters. The number of nitrogens with one attached hydrogen (secondary N) is 1. The van der Waals surface area contributed by atoms with Gasteiger partial charge in [-0.1, -0.05) is 12.2 Å². The Morgan fingerprint density at radius 2 is 1.59 bits per heavy atom. The summed E-state index contributed by atoms with van der Waals surface area (Å²) in [5, 5.41) is 0. The number of carbonyl (C=O) groups is 2. The SMILES string of the molecule is COc1cc(NS(=O)(=O)c2ccc(N3C(=O)[C@@H]4[C@@H](C3=O)[C@H]3C=C[C@@H]4C3)cc2)nc(OC)n1. The smallest absolute Gasteiger partial charge is 0.321 e. The third-order valence-corrected chi connectivity index (χ3v) is 7.56. The van der Waals surface area contributed by atoms with E-state index >= 15 is 0 Å². The van der Waals surface area contributed by atoms with Gasteiger partial charge < -0.3 is 9.47 Å². The molecule has 11 heteroatoms. The fraction of sp³-hybridized carbons (Fsp3) is 0.333. The van der Waals surface area contributed by atoms with Gasteiger partial charge in [-0.3, -0.25) is 19.2 Å². The summed E-state index contributed by atoms with van der Waals surface area (Å²) in [6.45, 7) is 0. The highest BCUT2D eigenvalue weighted by Crippen LogP contribution is 2.53. The van der Waals surface area contributed by atoms with Crippen LogP contribution in [0.3, 0.4) is 0 Å². The van der Waals surface area contributed by atoms with Gasteiger partial charge in [0.2, 0.25) is 17.7 Å². The van der Waals surface area contributed by atoms with Crippen molar-refractivity contribution in [3.8, 4) is 11.9 Å². The third kappa shape index (κ3) is 3.11. The minimum Gasteiger partial charge on any atom is -0.481 e. The zero-order valence-electron chi connectivity index (χ0n) is 17.3. The fourth-order valence-electron chi connectivity index (χ4n) is 4.78. The van der Waals surface area contributed by atoms with Crippen LogP contribution < -0.4 is 19.1 Å². The van der Waals surface area contributed by atoms with Gasteiger partial charge in [-0.15, -0.1) is 0 Å². The molecule has 0 spiro atoms. The molecule has 1 saturated heterocycles. The first kappa shape index (κ1) is 20.4. The van der Waals surface area contributed by atoms with Crippen molar-refractivity contribution in [3.63, 3.8) is 0 Å². The van der Waals surface area contributed by atoms with Crippen LogP contribution in [0.1, 0.15) is 6.42 Å². The maximum Gasteiger partial charge on any atom is 0.321 e. The number of carbonyl (C=O) groups excluding carboxylic acids is 2. The maximum absolute atomic E-state index is 12.9. The maximum atomic E-state index is 12.9. The lowest BCUT2D eigenvalue weighted by Gasteiger charge is -2.17. The van der Waals surface area contributed by atoms with Gasteiger partial charge in [0.25, 0.3) is 10.0 Å². The summed E-state index contributed by atoms with van der Waals surface area (Å²) in [6.07, 6.45) is 4.90. The second-order valence-electron chi connectivity index (χ2n) is 7.89. The second kappa shape index (κ2) is 7.30. The van der Waals surface area contributed by atoms with Crippen molar-refractivity contribution in [1.82, 2.24) is 9.97 Å². The Morgan fingerprint density at radius 1 is 0.969 bits per heavy atom. The molecule has 4 atom stereocenters. The molecule has 3 aliphatic rings. The number of amides is 2. The number of methoxy groups -OCH3 is 2. The van der Waals surface area contributed by atoms with Gasteiger partial charge in [0.1, 0.15) is 0 Å². The summed E-state index contributed by atoms with van der Waals surface area (Å²) in [6, 6.07) is 6.86. The molecule has 0 radical (unpaired) electrons. The van der Waals surface area contributed by atoms with Crippen LogP contribution in [0, 0.1) is 23.7 Å². The fourth-order valence-corrected chi connectivity index (χ4v) is 5.77. The van der Waals surface area contributed by atoms with Crippen LogP contribution in [0.2, 0.25) is 0 Å². The molecule has 1 aromatic heterocycles. The van der Waals surface area contributed by atoms with Gasteiger partial charge in [0.15, 0.2) is 5.82 Å². The number of fused-ring (bicyclic) bond motifs is 5. The summed E-state index contributed by atoms with van der Waals surface area (Å²) in [5.41, 5.74) is 0.359. The lowest BCUT2D eigenvalue weighted by Crippen LogP contribution is -2.32. The quantitative estimate of drug-likeness (QED) is 0.513. The summed E-state index contributed by atoms with van der Waals surface area (Å²) < 4.78 is 37.9. The number of hydrogen-bond acceptors (Lipinski definition) is 8. The normalized spacial score (nSPS) is 25.9. The standard InChI is InChI=1S/C21H20N4O6S/c1-30-16-10-15(22-21(23-16)31-2)24-32(28,29)14-7-5-13(6-8-14)25-19(26)17-11-3-4-12(9-11)18(17)20(25)27/h3-8,10-12,17-18H,9H2,1-2H3,(H,22,23,24)/t11-,12+,17-,18-/m0/s1. The Kier molecular flexibility index (Phi) is 4.66. The summed E-state index contributed by atoms with van der Waals surface area (Å²) in [4.78, 5) is 34.9. The number of nitrogens with zero attached hydrogens (tertiary/aromatic N) is 3. The van der Waals surface area contributed by atoms with E-state index < -0.39 is 10.0 Å². The Morgan fingerprint density at radius 3 is 2.16 bits per heavy atom. The van der Waals surface area contributed by atoms with E-state index in [1.54, 1.807) is 0 Å². The average molecular weight is 456 g/mol. The van der Waals surface area contributed by atoms with Crippen LogP contribution in [-0.4, -0.2) is 44.4 Å². The number of anilines is 2. The molecule has 10 nitrogen and oxygen atoms in total. The zero-order valence-corrected chi connectivity index (χ0v) is 18.1. The first-order valence-electron chi connectivity index (χ1n) is 9.98. The number of benzene rings is 1. The highest BCUT2D eigenvalue weighted by Gasteiger charge is 2.59. The Bertz CT molecular complexity index is 1190. The van der Waals surface area contributed by atoms with Crippen molar-refractivity contribution < 1.29 is 27.5 Å². The molecule has 2 aliphatic carbocycles. The third-order valence-electron chi connectivity index (χ3n) is 6.19. The molecule has 2 amide bonds. The van der Waals surface area contributed by atoms with E-state index in [4.69, 9.17) is 9.47 Å². The van der Waals surface area contributed by atoms with E-state index in [1.165, 1.54) is 49.5 Å². The molecule has 2 bridgehead atoms. The van der Waals surface area contributed by atoms with Crippen LogP contribution in [0.25, 0.3) is 0 Å². The van der Waals surface area contributed by atoms with Gasteiger partial charge in [-0.2, -0.15) is 9.97 Å². The van der Waals surface area contributed by atoms with Crippen molar-refractivity contribution in [2.24, 2.45) is 23.7 Å². The Balaban J connectivity index is 1.38. The molecule has 1 aliphatic heterocycles. The lowest BCUT2D eigenvalue weighted by atomic mass is 9.85. The highest BCUT2D eigenvalue weighted by atomic mass is 32.2. The summed E-state index contributed by atoms with van der Waals surface area (Å²) >= 11 is 0. The Hall–Kier alpha value is -3.47. The zero-order chi connectivity index (χ0) is 22.6.